The van der Waals surface area contributed by atoms with E-state index < -0.39 is 9.05 Å². The molecular formula is H14AlCaFeKMnO6SiZn. The molecule has 0 heterocycles. The van der Waals surface area contributed by atoms with E-state index in [-0.39, 0.29) is 175 Å². The molecule has 0 saturated carbocycles. The van der Waals surface area contributed by atoms with Crippen molar-refractivity contribution in [3.8, 4) is 0 Å². The van der Waals surface area contributed by atoms with Gasteiger partial charge >= 0.3 is 98.2 Å². The van der Waals surface area contributed by atoms with Crippen LogP contribution in [0.5, 0.6) is 0 Å². The number of rotatable bonds is 0. The van der Waals surface area contributed by atoms with Crippen molar-refractivity contribution < 1.29 is 139 Å². The molecule has 0 aliphatic carbocycles. The van der Waals surface area contributed by atoms with E-state index in [1.165, 1.54) is 0 Å². The van der Waals surface area contributed by atoms with Gasteiger partial charge in [-0.2, -0.15) is 0 Å². The molecule has 0 aromatic rings. The average molecular weight is 421 g/mol. The van der Waals surface area contributed by atoms with E-state index in [2.05, 4.69) is 0 Å². The van der Waals surface area contributed by atoms with Gasteiger partial charge in [0, 0.05) is 53.6 Å². The van der Waals surface area contributed by atoms with Gasteiger partial charge in [0.2, 0.25) is 0 Å². The monoisotopic (exact) mass is 419 g/mol. The molecule has 77 valence electrons. The predicted octanol–water partition coefficient (Wildman–Crippen LogP) is -8.49. The molecular weight excluding hydrogens is 406 g/mol. The minimum absolute atomic E-state index is 0. The third-order valence-electron chi connectivity index (χ3n) is 0. The Labute approximate surface area is 199 Å². The Morgan fingerprint density at radius 1 is 0.923 bits per heavy atom. The van der Waals surface area contributed by atoms with Gasteiger partial charge in [0.05, 0.1) is 0 Å². The van der Waals surface area contributed by atoms with Crippen LogP contribution in [0.1, 0.15) is 4.28 Å². The second-order valence-corrected chi connectivity index (χ2v) is 1.80. The van der Waals surface area contributed by atoms with Crippen LogP contribution >= 0.6 is 0 Å². The van der Waals surface area contributed by atoms with Gasteiger partial charge in [0.1, 0.15) is 0 Å². The maximum atomic E-state index is 7.33. The standard InChI is InChI=1S/Al.Ca.Fe.K.Mn.H4O4Si.2H2O.Zn.6H/c;;;;;1-5(2,3)4;;;;;;;;;/h;;;;;1-4H;2*1H2;;;;;;;/q;+2;;+1;;;;;;;;;3*-1. The van der Waals surface area contributed by atoms with Crippen LogP contribution in [0.2, 0.25) is 0 Å². The van der Waals surface area contributed by atoms with Gasteiger partial charge in [-0.25, -0.2) is 0 Å². The molecule has 0 aliphatic rings. The van der Waals surface area contributed by atoms with Crippen LogP contribution in [0.3, 0.4) is 0 Å². The quantitative estimate of drug-likeness (QED) is 0.289. The summed E-state index contributed by atoms with van der Waals surface area (Å²) in [4.78, 5) is 29.3. The summed E-state index contributed by atoms with van der Waals surface area (Å²) >= 11 is 0. The van der Waals surface area contributed by atoms with E-state index in [9.17, 15) is 0 Å². The number of hydrogen-bond donors (Lipinski definition) is 4. The van der Waals surface area contributed by atoms with Crippen molar-refractivity contribution in [2.75, 3.05) is 0 Å². The fourth-order valence-electron chi connectivity index (χ4n) is 0. The third kappa shape index (κ3) is 151. The van der Waals surface area contributed by atoms with Gasteiger partial charge in [0.25, 0.3) is 0 Å². The van der Waals surface area contributed by atoms with Gasteiger partial charge in [-0.3, -0.25) is 0 Å². The van der Waals surface area contributed by atoms with E-state index >= 15 is 0 Å². The SMILES string of the molecule is O.O.O[Si](O)(O)O.[AlH3].[Ca+2].[Fe].[H-].[H-].[H-].[K+].[Mn].[Zn]. The van der Waals surface area contributed by atoms with Gasteiger partial charge in [-0.15, -0.1) is 0 Å². The van der Waals surface area contributed by atoms with Crippen LogP contribution in [0, 0.1) is 0 Å². The Kier molecular flexibility index (Phi) is 177. The number of hydrogen-bond acceptors (Lipinski definition) is 4. The van der Waals surface area contributed by atoms with Gasteiger partial charge in [-0.1, -0.05) is 0 Å². The third-order valence-corrected chi connectivity index (χ3v) is 0. The molecule has 0 saturated heterocycles. The van der Waals surface area contributed by atoms with Crippen molar-refractivity contribution in [1.29, 1.82) is 0 Å². The molecule has 1 radical (unpaired) electrons. The van der Waals surface area contributed by atoms with Crippen LogP contribution < -0.4 is 51.4 Å². The molecule has 0 amide bonds. The summed E-state index contributed by atoms with van der Waals surface area (Å²) in [5.41, 5.74) is 0. The van der Waals surface area contributed by atoms with Gasteiger partial charge in [-0.05, 0) is 0 Å². The fraction of sp³-hybridized carbons (Fsp3) is 0. The molecule has 0 aromatic carbocycles. The molecule has 0 unspecified atom stereocenters. The Hall–Kier alpha value is 5.07. The molecule has 0 bridgehead atoms. The minimum atomic E-state index is -4.61. The van der Waals surface area contributed by atoms with E-state index in [1.807, 2.05) is 0 Å². The van der Waals surface area contributed by atoms with Crippen molar-refractivity contribution in [3.05, 3.63) is 0 Å². The summed E-state index contributed by atoms with van der Waals surface area (Å²) in [6.45, 7) is 0. The summed E-state index contributed by atoms with van der Waals surface area (Å²) < 4.78 is 0. The Morgan fingerprint density at radius 3 is 0.923 bits per heavy atom. The summed E-state index contributed by atoms with van der Waals surface area (Å²) in [5, 5.41) is 0. The van der Waals surface area contributed by atoms with E-state index in [0.29, 0.717) is 0 Å². The zero-order valence-electron chi connectivity index (χ0n) is 9.43. The summed E-state index contributed by atoms with van der Waals surface area (Å²) in [7, 11) is -4.61. The first kappa shape index (κ1) is 64.0. The molecule has 0 aliphatic heterocycles. The molecule has 0 aromatic heterocycles. The Balaban J connectivity index is -0.00000000145. The topological polar surface area (TPSA) is 144 Å². The molecule has 0 atom stereocenters. The molecule has 0 spiro atoms. The predicted molar refractivity (Wildman–Crippen MR) is 40.9 cm³/mol. The first-order valence-corrected chi connectivity index (χ1v) is 2.68. The minimum Gasteiger partial charge on any atom is -1.00 e. The van der Waals surface area contributed by atoms with Crippen LogP contribution in [-0.2, 0) is 53.6 Å². The van der Waals surface area contributed by atoms with Crippen molar-refractivity contribution in [3.63, 3.8) is 0 Å². The molecule has 0 fully saturated rings. The van der Waals surface area contributed by atoms with E-state index in [1.54, 1.807) is 0 Å². The van der Waals surface area contributed by atoms with Crippen molar-refractivity contribution in [2.24, 2.45) is 0 Å². The van der Waals surface area contributed by atoms with Gasteiger partial charge < -0.3 is 34.4 Å². The Bertz CT molecular complexity index is 59.2. The molecule has 8 N–H and O–H groups in total. The summed E-state index contributed by atoms with van der Waals surface area (Å²) in [6, 6.07) is 0. The second kappa shape index (κ2) is 36.0. The van der Waals surface area contributed by atoms with Crippen LogP contribution in [-0.4, -0.2) is 94.3 Å². The summed E-state index contributed by atoms with van der Waals surface area (Å²) in [5.74, 6) is 0. The van der Waals surface area contributed by atoms with Crippen LogP contribution in [0.15, 0.2) is 0 Å². The molecule has 6 nitrogen and oxygen atoms in total. The summed E-state index contributed by atoms with van der Waals surface area (Å²) in [6.07, 6.45) is 0. The van der Waals surface area contributed by atoms with Crippen molar-refractivity contribution in [1.82, 2.24) is 0 Å². The normalized spacial score (nSPS) is 4.62. The first-order valence-electron chi connectivity index (χ1n) is 0.894. The smallest absolute Gasteiger partial charge is 1.00 e. The van der Waals surface area contributed by atoms with E-state index in [4.69, 9.17) is 19.2 Å². The fourth-order valence-corrected chi connectivity index (χ4v) is 0. The van der Waals surface area contributed by atoms with Gasteiger partial charge in [0.15, 0.2) is 17.4 Å². The second-order valence-electron chi connectivity index (χ2n) is 0.600. The largest absolute Gasteiger partial charge is 2.00 e. The maximum absolute atomic E-state index is 7.33. The molecule has 0 rings (SSSR count). The van der Waals surface area contributed by atoms with Crippen LogP contribution in [0.4, 0.5) is 0 Å². The average Bonchev–Trinajstić information content (AvgIpc) is 0.722. The van der Waals surface area contributed by atoms with Crippen molar-refractivity contribution in [2.45, 2.75) is 0 Å². The Morgan fingerprint density at radius 2 is 0.923 bits per heavy atom. The van der Waals surface area contributed by atoms with Crippen LogP contribution in [0.25, 0.3) is 0 Å². The molecule has 13 heavy (non-hydrogen) atoms. The first-order chi connectivity index (χ1) is 2.00. The zero-order valence-corrected chi connectivity index (χ0v) is 18.0. The maximum Gasteiger partial charge on any atom is 2.00 e. The van der Waals surface area contributed by atoms with E-state index in [0.717, 1.165) is 0 Å². The molecule has 13 heteroatoms. The van der Waals surface area contributed by atoms with Crippen molar-refractivity contribution >= 4 is 64.1 Å². The zero-order chi connectivity index (χ0) is 4.50.